The molecule has 3 saturated carbocycles. The van der Waals surface area contributed by atoms with Crippen LogP contribution < -0.4 is 0 Å². The molecular formula is C22H33ClO3S. The highest BCUT2D eigenvalue weighted by Gasteiger charge is 2.65. The van der Waals surface area contributed by atoms with Crippen LogP contribution in [0.2, 0.25) is 0 Å². The molecule has 0 aromatic heterocycles. The molecule has 3 fully saturated rings. The molecule has 4 aliphatic rings. The Morgan fingerprint density at radius 1 is 1.22 bits per heavy atom. The maximum absolute atomic E-state index is 11.7. The molecule has 10 atom stereocenters. The van der Waals surface area contributed by atoms with E-state index >= 15 is 0 Å². The highest BCUT2D eigenvalue weighted by molar-refractivity contribution is 7.81. The first-order valence-corrected chi connectivity index (χ1v) is 11.4. The smallest absolute Gasteiger partial charge is 0.302 e. The third-order valence-electron chi connectivity index (χ3n) is 8.65. The first-order chi connectivity index (χ1) is 12.7. The molecule has 4 rings (SSSR count). The standard InChI is InChI=1S/C22H33ClO3S/c1-12(24)26-20-17(23)11-16-19-15(6-8-22(16,20)3)21(2)7-5-14(27)9-13(21)10-18(19)25-4/h5,7,13-20,27H,6,8-11H2,1-4H3. The maximum atomic E-state index is 11.7. The molecule has 152 valence electrons. The lowest BCUT2D eigenvalue weighted by Crippen LogP contribution is -2.58. The number of allylic oxidation sites excluding steroid dienone is 1. The minimum atomic E-state index is -0.219. The fourth-order valence-corrected chi connectivity index (χ4v) is 8.17. The molecule has 0 amide bonds. The van der Waals surface area contributed by atoms with Crippen LogP contribution in [0.5, 0.6) is 0 Å². The number of carbonyl (C=O) groups excluding carboxylic acids is 1. The van der Waals surface area contributed by atoms with Gasteiger partial charge in [0.05, 0.1) is 11.5 Å². The summed E-state index contributed by atoms with van der Waals surface area (Å²) in [7, 11) is 1.86. The van der Waals surface area contributed by atoms with E-state index in [4.69, 9.17) is 33.7 Å². The van der Waals surface area contributed by atoms with Gasteiger partial charge in [0.1, 0.15) is 6.10 Å². The number of hydrogen-bond acceptors (Lipinski definition) is 4. The molecule has 0 bridgehead atoms. The molecule has 0 aromatic rings. The van der Waals surface area contributed by atoms with Gasteiger partial charge in [-0.15, -0.1) is 11.6 Å². The van der Waals surface area contributed by atoms with Crippen molar-refractivity contribution >= 4 is 30.2 Å². The van der Waals surface area contributed by atoms with E-state index in [2.05, 4.69) is 26.0 Å². The molecular weight excluding hydrogens is 380 g/mol. The van der Waals surface area contributed by atoms with Gasteiger partial charge in [0.25, 0.3) is 0 Å². The van der Waals surface area contributed by atoms with Crippen LogP contribution in [0, 0.1) is 34.5 Å². The van der Waals surface area contributed by atoms with E-state index in [-0.39, 0.29) is 34.4 Å². The van der Waals surface area contributed by atoms with Crippen molar-refractivity contribution in [2.45, 2.75) is 75.7 Å². The van der Waals surface area contributed by atoms with Crippen molar-refractivity contribution in [2.75, 3.05) is 7.11 Å². The third kappa shape index (κ3) is 3.00. The topological polar surface area (TPSA) is 35.5 Å². The molecule has 0 spiro atoms. The Morgan fingerprint density at radius 3 is 2.63 bits per heavy atom. The zero-order valence-electron chi connectivity index (χ0n) is 16.9. The predicted molar refractivity (Wildman–Crippen MR) is 111 cm³/mol. The third-order valence-corrected chi connectivity index (χ3v) is 9.44. The number of ether oxygens (including phenoxy) is 2. The van der Waals surface area contributed by atoms with Gasteiger partial charge in [0.15, 0.2) is 0 Å². The molecule has 0 N–H and O–H groups in total. The van der Waals surface area contributed by atoms with Crippen molar-refractivity contribution in [1.82, 2.24) is 0 Å². The summed E-state index contributed by atoms with van der Waals surface area (Å²) in [6.45, 7) is 6.25. The lowest BCUT2D eigenvalue weighted by Gasteiger charge is -2.61. The minimum Gasteiger partial charge on any atom is -0.460 e. The summed E-state index contributed by atoms with van der Waals surface area (Å²) < 4.78 is 11.8. The van der Waals surface area contributed by atoms with E-state index in [0.717, 1.165) is 32.1 Å². The zero-order chi connectivity index (χ0) is 19.6. The van der Waals surface area contributed by atoms with Gasteiger partial charge in [-0.2, -0.15) is 12.6 Å². The van der Waals surface area contributed by atoms with E-state index < -0.39 is 0 Å². The zero-order valence-corrected chi connectivity index (χ0v) is 18.5. The first kappa shape index (κ1) is 20.1. The normalized spacial score (nSPS) is 54.0. The molecule has 10 unspecified atom stereocenters. The lowest BCUT2D eigenvalue weighted by atomic mass is 9.45. The van der Waals surface area contributed by atoms with Crippen LogP contribution in [-0.4, -0.2) is 35.9 Å². The van der Waals surface area contributed by atoms with E-state index in [1.807, 2.05) is 7.11 Å². The number of fused-ring (bicyclic) bond motifs is 5. The summed E-state index contributed by atoms with van der Waals surface area (Å²) in [5, 5.41) is 0.257. The maximum Gasteiger partial charge on any atom is 0.302 e. The average molecular weight is 413 g/mol. The van der Waals surface area contributed by atoms with Crippen LogP contribution in [0.25, 0.3) is 0 Å². The number of hydrogen-bond donors (Lipinski definition) is 1. The number of carbonyl (C=O) groups is 1. The van der Waals surface area contributed by atoms with Crippen LogP contribution >= 0.6 is 24.2 Å². The second-order valence-electron chi connectivity index (χ2n) is 9.85. The van der Waals surface area contributed by atoms with E-state index in [1.165, 1.54) is 6.92 Å². The fourth-order valence-electron chi connectivity index (χ4n) is 7.30. The molecule has 0 saturated heterocycles. The SMILES string of the molecule is COC1CC2CC(S)C=CC2(C)C2CCC3(C)C(CC(Cl)C3OC(C)=O)C12. The molecule has 5 heteroatoms. The summed E-state index contributed by atoms with van der Waals surface area (Å²) in [4.78, 5) is 11.7. The van der Waals surface area contributed by atoms with Gasteiger partial charge < -0.3 is 9.47 Å². The fraction of sp³-hybridized carbons (Fsp3) is 0.864. The Labute approximate surface area is 174 Å². The van der Waals surface area contributed by atoms with Crippen LogP contribution in [0.3, 0.4) is 0 Å². The Balaban J connectivity index is 1.70. The molecule has 0 heterocycles. The van der Waals surface area contributed by atoms with Gasteiger partial charge in [-0.3, -0.25) is 4.79 Å². The highest BCUT2D eigenvalue weighted by Crippen LogP contribution is 2.66. The number of thiol groups is 1. The average Bonchev–Trinajstić information content (AvgIpc) is 2.86. The van der Waals surface area contributed by atoms with Crippen molar-refractivity contribution in [3.05, 3.63) is 12.2 Å². The minimum absolute atomic E-state index is 0.0519. The Bertz CT molecular complexity index is 639. The van der Waals surface area contributed by atoms with E-state index in [0.29, 0.717) is 28.9 Å². The molecule has 27 heavy (non-hydrogen) atoms. The van der Waals surface area contributed by atoms with Gasteiger partial charge in [-0.05, 0) is 61.2 Å². The summed E-state index contributed by atoms with van der Waals surface area (Å²) in [6, 6.07) is 0. The summed E-state index contributed by atoms with van der Waals surface area (Å²) >= 11 is 11.5. The molecule has 0 radical (unpaired) electrons. The van der Waals surface area contributed by atoms with Crippen molar-refractivity contribution in [1.29, 1.82) is 0 Å². The van der Waals surface area contributed by atoms with Gasteiger partial charge in [0.2, 0.25) is 0 Å². The number of methoxy groups -OCH3 is 1. The van der Waals surface area contributed by atoms with Crippen molar-refractivity contribution < 1.29 is 14.3 Å². The summed E-state index contributed by atoms with van der Waals surface area (Å²) in [6.07, 6.45) is 10.2. The number of rotatable bonds is 2. The van der Waals surface area contributed by atoms with E-state index in [1.54, 1.807) is 0 Å². The number of alkyl halides is 1. The Morgan fingerprint density at radius 2 is 1.96 bits per heavy atom. The van der Waals surface area contributed by atoms with E-state index in [9.17, 15) is 4.79 Å². The second-order valence-corrected chi connectivity index (χ2v) is 11.1. The largest absolute Gasteiger partial charge is 0.460 e. The van der Waals surface area contributed by atoms with Crippen molar-refractivity contribution in [3.8, 4) is 0 Å². The van der Waals surface area contributed by atoms with Crippen LogP contribution in [0.15, 0.2) is 12.2 Å². The molecule has 0 aliphatic heterocycles. The molecule has 4 aliphatic carbocycles. The molecule has 0 aromatic carbocycles. The number of halogens is 1. The highest BCUT2D eigenvalue weighted by atomic mass is 35.5. The summed E-state index contributed by atoms with van der Waals surface area (Å²) in [5.74, 6) is 1.91. The second kappa shape index (κ2) is 6.95. The predicted octanol–water partition coefficient (Wildman–Crippen LogP) is 4.88. The van der Waals surface area contributed by atoms with Gasteiger partial charge in [-0.25, -0.2) is 0 Å². The lowest BCUT2D eigenvalue weighted by molar-refractivity contribution is -0.171. The summed E-state index contributed by atoms with van der Waals surface area (Å²) in [5.41, 5.74) is 0.158. The van der Waals surface area contributed by atoms with Crippen molar-refractivity contribution in [2.24, 2.45) is 34.5 Å². The monoisotopic (exact) mass is 412 g/mol. The van der Waals surface area contributed by atoms with Crippen LogP contribution in [-0.2, 0) is 14.3 Å². The van der Waals surface area contributed by atoms with Crippen LogP contribution in [0.1, 0.15) is 52.9 Å². The first-order valence-electron chi connectivity index (χ1n) is 10.4. The van der Waals surface area contributed by atoms with Crippen molar-refractivity contribution in [3.63, 3.8) is 0 Å². The van der Waals surface area contributed by atoms with Gasteiger partial charge in [-0.1, -0.05) is 26.0 Å². The van der Waals surface area contributed by atoms with Gasteiger partial charge >= 0.3 is 5.97 Å². The van der Waals surface area contributed by atoms with Crippen LogP contribution in [0.4, 0.5) is 0 Å². The Hall–Kier alpha value is -0.190. The van der Waals surface area contributed by atoms with Gasteiger partial charge in [0, 0.05) is 24.7 Å². The molecule has 3 nitrogen and oxygen atoms in total. The Kier molecular flexibility index (Phi) is 5.17. The quantitative estimate of drug-likeness (QED) is 0.304. The number of esters is 1.